The number of ether oxygens (including phenoxy) is 1. The Bertz CT molecular complexity index is 905. The Morgan fingerprint density at radius 2 is 1.96 bits per heavy atom. The molecule has 0 saturated heterocycles. The van der Waals surface area contributed by atoms with E-state index in [4.69, 9.17) is 11.6 Å². The standard InChI is InChI=1S/C15H9ClF3N3O5/c16-10-5-8(15(17,18)19)6-20-13(10)21-12(23)7-27-14(24)9-3-1-2-4-11(9)22(25)26/h1-6H,7H2,(H,20,21,23). The molecule has 0 spiro atoms. The van der Waals surface area contributed by atoms with Crippen LogP contribution in [0.1, 0.15) is 15.9 Å². The van der Waals surface area contributed by atoms with E-state index in [2.05, 4.69) is 15.0 Å². The summed E-state index contributed by atoms with van der Waals surface area (Å²) in [5, 5.41) is 12.5. The van der Waals surface area contributed by atoms with Crippen LogP contribution in [-0.4, -0.2) is 28.4 Å². The van der Waals surface area contributed by atoms with E-state index in [1.807, 2.05) is 0 Å². The van der Waals surface area contributed by atoms with Gasteiger partial charge in [-0.25, -0.2) is 9.78 Å². The van der Waals surface area contributed by atoms with Crippen molar-refractivity contribution in [2.45, 2.75) is 6.18 Å². The van der Waals surface area contributed by atoms with Crippen LogP contribution in [0, 0.1) is 10.1 Å². The van der Waals surface area contributed by atoms with E-state index in [-0.39, 0.29) is 11.4 Å². The predicted octanol–water partition coefficient (Wildman–Crippen LogP) is 3.46. The molecule has 1 aromatic heterocycles. The summed E-state index contributed by atoms with van der Waals surface area (Å²) in [6.07, 6.45) is -4.18. The lowest BCUT2D eigenvalue weighted by Crippen LogP contribution is -2.22. The van der Waals surface area contributed by atoms with Crippen LogP contribution in [0.25, 0.3) is 0 Å². The molecular weight excluding hydrogens is 395 g/mol. The zero-order valence-corrected chi connectivity index (χ0v) is 13.9. The Morgan fingerprint density at radius 1 is 1.30 bits per heavy atom. The molecule has 2 rings (SSSR count). The van der Waals surface area contributed by atoms with Gasteiger partial charge in [0.15, 0.2) is 12.4 Å². The topological polar surface area (TPSA) is 111 Å². The van der Waals surface area contributed by atoms with Gasteiger partial charge in [0.25, 0.3) is 11.6 Å². The molecule has 0 fully saturated rings. The lowest BCUT2D eigenvalue weighted by molar-refractivity contribution is -0.385. The summed E-state index contributed by atoms with van der Waals surface area (Å²) in [6.45, 7) is -0.857. The van der Waals surface area contributed by atoms with Gasteiger partial charge < -0.3 is 10.1 Å². The number of nitro groups is 1. The lowest BCUT2D eigenvalue weighted by Gasteiger charge is -2.10. The van der Waals surface area contributed by atoms with Crippen molar-refractivity contribution in [3.8, 4) is 0 Å². The Labute approximate surface area is 154 Å². The van der Waals surface area contributed by atoms with Gasteiger partial charge in [0.05, 0.1) is 15.5 Å². The molecule has 1 heterocycles. The number of nitro benzene ring substituents is 1. The number of rotatable bonds is 5. The number of pyridine rings is 1. The minimum Gasteiger partial charge on any atom is -0.452 e. The molecule has 12 heteroatoms. The Kier molecular flexibility index (Phi) is 5.95. The average Bonchev–Trinajstić information content (AvgIpc) is 2.60. The second-order valence-corrected chi connectivity index (χ2v) is 5.36. The van der Waals surface area contributed by atoms with Crippen LogP contribution in [-0.2, 0) is 15.7 Å². The van der Waals surface area contributed by atoms with Gasteiger partial charge in [0, 0.05) is 12.3 Å². The molecule has 0 saturated carbocycles. The second kappa shape index (κ2) is 7.99. The Morgan fingerprint density at radius 3 is 2.56 bits per heavy atom. The number of hydrogen-bond acceptors (Lipinski definition) is 6. The molecule has 0 atom stereocenters. The molecule has 27 heavy (non-hydrogen) atoms. The summed E-state index contributed by atoms with van der Waals surface area (Å²) in [5.41, 5.74) is -1.97. The SMILES string of the molecule is O=C(COC(=O)c1ccccc1[N+](=O)[O-])Nc1ncc(C(F)(F)F)cc1Cl. The van der Waals surface area contributed by atoms with Crippen LogP contribution in [0.2, 0.25) is 5.02 Å². The molecule has 0 aliphatic carbocycles. The molecule has 0 unspecified atom stereocenters. The van der Waals surface area contributed by atoms with Crippen molar-refractivity contribution in [3.63, 3.8) is 0 Å². The highest BCUT2D eigenvalue weighted by Crippen LogP contribution is 2.32. The first-order chi connectivity index (χ1) is 12.6. The first-order valence-corrected chi connectivity index (χ1v) is 7.40. The van der Waals surface area contributed by atoms with Gasteiger partial charge in [-0.15, -0.1) is 0 Å². The summed E-state index contributed by atoms with van der Waals surface area (Å²) in [5.74, 6) is -2.43. The van der Waals surface area contributed by atoms with Crippen LogP contribution >= 0.6 is 11.6 Å². The number of para-hydroxylation sites is 1. The van der Waals surface area contributed by atoms with E-state index in [9.17, 15) is 32.9 Å². The molecule has 8 nitrogen and oxygen atoms in total. The third kappa shape index (κ3) is 5.14. The Hall–Kier alpha value is -3.21. The summed E-state index contributed by atoms with van der Waals surface area (Å²) >= 11 is 5.63. The van der Waals surface area contributed by atoms with Gasteiger partial charge in [-0.1, -0.05) is 23.7 Å². The fourth-order valence-electron chi connectivity index (χ4n) is 1.87. The van der Waals surface area contributed by atoms with Crippen LogP contribution < -0.4 is 5.32 Å². The summed E-state index contributed by atoms with van der Waals surface area (Å²) in [6, 6.07) is 5.52. The number of nitrogens with one attached hydrogen (secondary N) is 1. The number of carbonyl (C=O) groups is 2. The van der Waals surface area contributed by atoms with Gasteiger partial charge >= 0.3 is 12.1 Å². The largest absolute Gasteiger partial charge is 0.452 e. The van der Waals surface area contributed by atoms with Gasteiger partial charge in [0.2, 0.25) is 0 Å². The quantitative estimate of drug-likeness (QED) is 0.465. The van der Waals surface area contributed by atoms with Crippen molar-refractivity contribution in [1.82, 2.24) is 4.98 Å². The number of esters is 1. The molecule has 1 amide bonds. The molecule has 142 valence electrons. The smallest absolute Gasteiger partial charge is 0.417 e. The summed E-state index contributed by atoms with van der Waals surface area (Å²) in [7, 11) is 0. The number of alkyl halides is 3. The van der Waals surface area contributed by atoms with E-state index < -0.39 is 45.9 Å². The van der Waals surface area contributed by atoms with Gasteiger partial charge in [-0.3, -0.25) is 14.9 Å². The number of carbonyl (C=O) groups excluding carboxylic acids is 2. The van der Waals surface area contributed by atoms with Gasteiger partial charge in [0.1, 0.15) is 5.56 Å². The molecule has 0 radical (unpaired) electrons. The van der Waals surface area contributed by atoms with Gasteiger partial charge in [-0.05, 0) is 12.1 Å². The monoisotopic (exact) mass is 403 g/mol. The number of halogens is 4. The zero-order valence-electron chi connectivity index (χ0n) is 13.1. The first-order valence-electron chi connectivity index (χ1n) is 7.02. The number of benzene rings is 1. The summed E-state index contributed by atoms with van der Waals surface area (Å²) in [4.78, 5) is 37.1. The molecule has 0 bridgehead atoms. The molecule has 2 aromatic rings. The van der Waals surface area contributed by atoms with E-state index >= 15 is 0 Å². The van der Waals surface area contributed by atoms with Crippen molar-refractivity contribution in [2.75, 3.05) is 11.9 Å². The number of nitrogens with zero attached hydrogens (tertiary/aromatic N) is 2. The maximum Gasteiger partial charge on any atom is 0.417 e. The maximum atomic E-state index is 12.5. The van der Waals surface area contributed by atoms with E-state index in [1.54, 1.807) is 0 Å². The van der Waals surface area contributed by atoms with Crippen LogP contribution in [0.5, 0.6) is 0 Å². The van der Waals surface area contributed by atoms with Crippen molar-refractivity contribution >= 4 is 35.0 Å². The predicted molar refractivity (Wildman–Crippen MR) is 86.3 cm³/mol. The van der Waals surface area contributed by atoms with Crippen LogP contribution in [0.15, 0.2) is 36.5 Å². The molecule has 1 N–H and O–H groups in total. The molecule has 0 aliphatic heterocycles. The number of hydrogen-bond donors (Lipinski definition) is 1. The van der Waals surface area contributed by atoms with Crippen molar-refractivity contribution in [1.29, 1.82) is 0 Å². The van der Waals surface area contributed by atoms with Gasteiger partial charge in [-0.2, -0.15) is 13.2 Å². The first kappa shape index (κ1) is 20.1. The molecular formula is C15H9ClF3N3O5. The fourth-order valence-corrected chi connectivity index (χ4v) is 2.08. The lowest BCUT2D eigenvalue weighted by atomic mass is 10.2. The van der Waals surface area contributed by atoms with Crippen molar-refractivity contribution in [2.24, 2.45) is 0 Å². The fraction of sp³-hybridized carbons (Fsp3) is 0.133. The van der Waals surface area contributed by atoms with Crippen molar-refractivity contribution in [3.05, 3.63) is 62.8 Å². The Balaban J connectivity index is 2.01. The van der Waals surface area contributed by atoms with E-state index in [0.717, 1.165) is 12.1 Å². The van der Waals surface area contributed by atoms with Crippen LogP contribution in [0.3, 0.4) is 0 Å². The number of aromatic nitrogens is 1. The van der Waals surface area contributed by atoms with Crippen molar-refractivity contribution < 1.29 is 32.4 Å². The average molecular weight is 404 g/mol. The normalized spacial score (nSPS) is 11.0. The minimum absolute atomic E-state index is 0.360. The highest BCUT2D eigenvalue weighted by molar-refractivity contribution is 6.33. The number of anilines is 1. The number of amides is 1. The highest BCUT2D eigenvalue weighted by atomic mass is 35.5. The second-order valence-electron chi connectivity index (χ2n) is 4.95. The maximum absolute atomic E-state index is 12.5. The van der Waals surface area contributed by atoms with E-state index in [0.29, 0.717) is 12.3 Å². The summed E-state index contributed by atoms with van der Waals surface area (Å²) < 4.78 is 42.3. The third-order valence-corrected chi connectivity index (χ3v) is 3.37. The highest BCUT2D eigenvalue weighted by Gasteiger charge is 2.31. The van der Waals surface area contributed by atoms with Crippen LogP contribution in [0.4, 0.5) is 24.7 Å². The van der Waals surface area contributed by atoms with E-state index in [1.165, 1.54) is 12.1 Å². The zero-order chi connectivity index (χ0) is 20.2. The third-order valence-electron chi connectivity index (χ3n) is 3.08. The molecule has 1 aromatic carbocycles. The minimum atomic E-state index is -4.65. The molecule has 0 aliphatic rings.